The van der Waals surface area contributed by atoms with Crippen molar-refractivity contribution in [3.05, 3.63) is 30.3 Å². The Morgan fingerprint density at radius 3 is 2.58 bits per heavy atom. The van der Waals surface area contributed by atoms with Crippen LogP contribution in [0.4, 0.5) is 5.69 Å². The second-order valence-corrected chi connectivity index (χ2v) is 2.39. The van der Waals surface area contributed by atoms with Crippen LogP contribution < -0.4 is 10.9 Å². The molecular formula is C9H12N2O. The fourth-order valence-electron chi connectivity index (χ4n) is 0.752. The van der Waals surface area contributed by atoms with Crippen molar-refractivity contribution in [1.29, 1.82) is 0 Å². The summed E-state index contributed by atoms with van der Waals surface area (Å²) in [4.78, 5) is 10.8. The van der Waals surface area contributed by atoms with Crippen LogP contribution >= 0.6 is 0 Å². The van der Waals surface area contributed by atoms with E-state index in [0.29, 0.717) is 6.42 Å². The summed E-state index contributed by atoms with van der Waals surface area (Å²) in [5, 5.41) is 0. The van der Waals surface area contributed by atoms with Crippen LogP contribution in [0.5, 0.6) is 0 Å². The van der Waals surface area contributed by atoms with E-state index in [4.69, 9.17) is 0 Å². The molecule has 1 amide bonds. The van der Waals surface area contributed by atoms with Gasteiger partial charge in [-0.3, -0.25) is 15.6 Å². The molecule has 0 spiro atoms. The predicted molar refractivity (Wildman–Crippen MR) is 48.5 cm³/mol. The number of carbonyl (C=O) groups is 1. The van der Waals surface area contributed by atoms with Crippen molar-refractivity contribution in [1.82, 2.24) is 5.43 Å². The highest BCUT2D eigenvalue weighted by molar-refractivity contribution is 5.76. The van der Waals surface area contributed by atoms with Crippen LogP contribution in [-0.4, -0.2) is 5.91 Å². The Balaban J connectivity index is 2.38. The van der Waals surface area contributed by atoms with Crippen molar-refractivity contribution < 1.29 is 4.79 Å². The van der Waals surface area contributed by atoms with Crippen LogP contribution in [0, 0.1) is 0 Å². The highest BCUT2D eigenvalue weighted by atomic mass is 16.2. The van der Waals surface area contributed by atoms with Gasteiger partial charge in [0.1, 0.15) is 0 Å². The molecule has 0 heterocycles. The molecule has 2 N–H and O–H groups in total. The van der Waals surface area contributed by atoms with E-state index in [-0.39, 0.29) is 5.91 Å². The normalized spacial score (nSPS) is 9.08. The van der Waals surface area contributed by atoms with Gasteiger partial charge in [0.15, 0.2) is 0 Å². The Hall–Kier alpha value is -1.51. The zero-order valence-corrected chi connectivity index (χ0v) is 7.00. The lowest BCUT2D eigenvalue weighted by atomic mass is 10.3. The molecule has 1 rings (SSSR count). The molecule has 0 fully saturated rings. The van der Waals surface area contributed by atoms with Crippen LogP contribution in [0.15, 0.2) is 30.3 Å². The summed E-state index contributed by atoms with van der Waals surface area (Å²) < 4.78 is 0. The molecule has 0 aliphatic carbocycles. The number of rotatable bonds is 3. The summed E-state index contributed by atoms with van der Waals surface area (Å²) in [6, 6.07) is 9.50. The predicted octanol–water partition coefficient (Wildman–Crippen LogP) is 1.54. The second kappa shape index (κ2) is 4.38. The number of hydrogen-bond donors (Lipinski definition) is 2. The molecule has 12 heavy (non-hydrogen) atoms. The molecule has 1 aromatic rings. The van der Waals surface area contributed by atoms with Crippen LogP contribution in [0.3, 0.4) is 0 Å². The molecule has 0 aliphatic heterocycles. The van der Waals surface area contributed by atoms with E-state index in [0.717, 1.165) is 5.69 Å². The molecule has 0 aliphatic rings. The molecule has 0 bridgehead atoms. The Morgan fingerprint density at radius 2 is 2.00 bits per heavy atom. The maximum absolute atomic E-state index is 10.8. The monoisotopic (exact) mass is 164 g/mol. The number of hydrogen-bond acceptors (Lipinski definition) is 2. The number of hydrazine groups is 1. The average molecular weight is 164 g/mol. The quantitative estimate of drug-likeness (QED) is 0.665. The molecule has 0 saturated carbocycles. The Kier molecular flexibility index (Phi) is 3.14. The van der Waals surface area contributed by atoms with E-state index < -0.39 is 0 Å². The molecule has 0 unspecified atom stereocenters. The van der Waals surface area contributed by atoms with Crippen LogP contribution in [0.1, 0.15) is 13.3 Å². The van der Waals surface area contributed by atoms with E-state index in [1.807, 2.05) is 37.3 Å². The maximum Gasteiger partial charge on any atom is 0.238 e. The summed E-state index contributed by atoms with van der Waals surface area (Å²) in [5.41, 5.74) is 6.24. The molecular weight excluding hydrogens is 152 g/mol. The number of amides is 1. The third kappa shape index (κ3) is 2.62. The zero-order chi connectivity index (χ0) is 8.81. The number of anilines is 1. The number of para-hydroxylation sites is 1. The lowest BCUT2D eigenvalue weighted by molar-refractivity contribution is -0.120. The molecule has 0 aromatic heterocycles. The van der Waals surface area contributed by atoms with Gasteiger partial charge in [-0.25, -0.2) is 0 Å². The lowest BCUT2D eigenvalue weighted by Crippen LogP contribution is -2.28. The summed E-state index contributed by atoms with van der Waals surface area (Å²) in [5.74, 6) is -0.0150. The van der Waals surface area contributed by atoms with Crippen molar-refractivity contribution in [2.75, 3.05) is 5.43 Å². The highest BCUT2D eigenvalue weighted by Crippen LogP contribution is 2.02. The van der Waals surface area contributed by atoms with Gasteiger partial charge < -0.3 is 0 Å². The highest BCUT2D eigenvalue weighted by Gasteiger charge is 1.93. The minimum Gasteiger partial charge on any atom is -0.299 e. The van der Waals surface area contributed by atoms with Gasteiger partial charge in [-0.05, 0) is 12.1 Å². The first-order chi connectivity index (χ1) is 5.83. The fraction of sp³-hybridized carbons (Fsp3) is 0.222. The average Bonchev–Trinajstić information content (AvgIpc) is 2.16. The van der Waals surface area contributed by atoms with E-state index in [2.05, 4.69) is 10.9 Å². The van der Waals surface area contributed by atoms with Crippen molar-refractivity contribution in [2.45, 2.75) is 13.3 Å². The van der Waals surface area contributed by atoms with Crippen LogP contribution in [0.2, 0.25) is 0 Å². The molecule has 0 saturated heterocycles. The summed E-state index contributed by atoms with van der Waals surface area (Å²) in [6.45, 7) is 1.81. The van der Waals surface area contributed by atoms with E-state index >= 15 is 0 Å². The molecule has 0 radical (unpaired) electrons. The first-order valence-corrected chi connectivity index (χ1v) is 3.93. The summed E-state index contributed by atoms with van der Waals surface area (Å²) >= 11 is 0. The molecule has 64 valence electrons. The van der Waals surface area contributed by atoms with Gasteiger partial charge in [0.05, 0.1) is 5.69 Å². The van der Waals surface area contributed by atoms with Gasteiger partial charge in [0.2, 0.25) is 5.91 Å². The number of benzene rings is 1. The molecule has 0 atom stereocenters. The van der Waals surface area contributed by atoms with Crippen molar-refractivity contribution in [3.8, 4) is 0 Å². The lowest BCUT2D eigenvalue weighted by Gasteiger charge is -2.05. The summed E-state index contributed by atoms with van der Waals surface area (Å²) in [7, 11) is 0. The third-order valence-corrected chi connectivity index (χ3v) is 1.44. The standard InChI is InChI=1S/C9H12N2O/c1-2-9(12)11-10-8-6-4-3-5-7-8/h3-7,10H,2H2,1H3,(H,11,12). The van der Waals surface area contributed by atoms with E-state index in [1.54, 1.807) is 0 Å². The van der Waals surface area contributed by atoms with Crippen molar-refractivity contribution >= 4 is 11.6 Å². The van der Waals surface area contributed by atoms with Gasteiger partial charge in [-0.2, -0.15) is 0 Å². The number of nitrogens with one attached hydrogen (secondary N) is 2. The van der Waals surface area contributed by atoms with Crippen molar-refractivity contribution in [2.24, 2.45) is 0 Å². The fourth-order valence-corrected chi connectivity index (χ4v) is 0.752. The Bertz CT molecular complexity index is 246. The second-order valence-electron chi connectivity index (χ2n) is 2.39. The molecule has 3 nitrogen and oxygen atoms in total. The van der Waals surface area contributed by atoms with Crippen LogP contribution in [-0.2, 0) is 4.79 Å². The van der Waals surface area contributed by atoms with E-state index in [1.165, 1.54) is 0 Å². The number of carbonyl (C=O) groups excluding carboxylic acids is 1. The summed E-state index contributed by atoms with van der Waals surface area (Å²) in [6.07, 6.45) is 0.486. The van der Waals surface area contributed by atoms with Crippen molar-refractivity contribution in [3.63, 3.8) is 0 Å². The maximum atomic E-state index is 10.8. The first-order valence-electron chi connectivity index (χ1n) is 3.93. The van der Waals surface area contributed by atoms with E-state index in [9.17, 15) is 4.79 Å². The zero-order valence-electron chi connectivity index (χ0n) is 7.00. The molecule has 3 heteroatoms. The smallest absolute Gasteiger partial charge is 0.238 e. The first kappa shape index (κ1) is 8.59. The minimum atomic E-state index is -0.0150. The van der Waals surface area contributed by atoms with Gasteiger partial charge in [0, 0.05) is 6.42 Å². The Morgan fingerprint density at radius 1 is 1.33 bits per heavy atom. The Labute approximate surface area is 71.8 Å². The minimum absolute atomic E-state index is 0.0150. The third-order valence-electron chi connectivity index (χ3n) is 1.44. The SMILES string of the molecule is CCC(=O)NNc1ccccc1. The van der Waals surface area contributed by atoms with Gasteiger partial charge >= 0.3 is 0 Å². The topological polar surface area (TPSA) is 41.1 Å². The largest absolute Gasteiger partial charge is 0.299 e. The van der Waals surface area contributed by atoms with Gasteiger partial charge in [0.25, 0.3) is 0 Å². The van der Waals surface area contributed by atoms with Crippen LogP contribution in [0.25, 0.3) is 0 Å². The van der Waals surface area contributed by atoms with Gasteiger partial charge in [-0.15, -0.1) is 0 Å². The molecule has 1 aromatic carbocycles. The van der Waals surface area contributed by atoms with Gasteiger partial charge in [-0.1, -0.05) is 25.1 Å².